The van der Waals surface area contributed by atoms with Crippen LogP contribution in [0.3, 0.4) is 0 Å². The Morgan fingerprint density at radius 2 is 2.07 bits per heavy atom. The molecule has 0 bridgehead atoms. The van der Waals surface area contributed by atoms with Crippen LogP contribution in [0.1, 0.15) is 59.7 Å². The molecule has 1 aromatic carbocycles. The van der Waals surface area contributed by atoms with Crippen molar-refractivity contribution in [2.45, 2.75) is 45.2 Å². The molecule has 0 aliphatic carbocycles. The summed E-state index contributed by atoms with van der Waals surface area (Å²) in [7, 11) is 0. The predicted octanol–water partition coefficient (Wildman–Crippen LogP) is 2.89. The van der Waals surface area contributed by atoms with Crippen molar-refractivity contribution in [1.29, 1.82) is 0 Å². The minimum absolute atomic E-state index is 0.0499. The molecule has 0 spiro atoms. The Hall–Kier alpha value is -2.83. The topological polar surface area (TPSA) is 66.4 Å². The maximum Gasteiger partial charge on any atom is 0.254 e. The number of benzene rings is 1. The average molecular weight is 382 g/mol. The Labute approximate surface area is 163 Å². The van der Waals surface area contributed by atoms with E-state index in [-0.39, 0.29) is 17.9 Å². The summed E-state index contributed by atoms with van der Waals surface area (Å²) < 4.78 is 13.6. The standard InChI is InChI=1S/C21H23FN4O2/c1-14(27)25-10-8-18-16(13-25)12-23-20(24-18)19-7-2-3-9-26(19)21(28)15-5-4-6-17(22)11-15/h4-6,11-12,19H,2-3,7-10,13H2,1H3/t19-/m1/s1. The zero-order valence-corrected chi connectivity index (χ0v) is 15.9. The summed E-state index contributed by atoms with van der Waals surface area (Å²) in [5.41, 5.74) is 2.26. The highest BCUT2D eigenvalue weighted by atomic mass is 19.1. The highest BCUT2D eigenvalue weighted by Gasteiger charge is 2.32. The fourth-order valence-corrected chi connectivity index (χ4v) is 3.99. The predicted molar refractivity (Wildman–Crippen MR) is 101 cm³/mol. The van der Waals surface area contributed by atoms with Gasteiger partial charge in [0.25, 0.3) is 5.91 Å². The van der Waals surface area contributed by atoms with Gasteiger partial charge in [0.2, 0.25) is 5.91 Å². The first-order valence-electron chi connectivity index (χ1n) is 9.69. The van der Waals surface area contributed by atoms with Gasteiger partial charge in [-0.3, -0.25) is 9.59 Å². The van der Waals surface area contributed by atoms with Gasteiger partial charge < -0.3 is 9.80 Å². The summed E-state index contributed by atoms with van der Waals surface area (Å²) in [6.07, 6.45) is 5.17. The quantitative estimate of drug-likeness (QED) is 0.801. The van der Waals surface area contributed by atoms with E-state index in [4.69, 9.17) is 4.98 Å². The molecule has 2 aliphatic heterocycles. The van der Waals surface area contributed by atoms with Gasteiger partial charge in [-0.1, -0.05) is 6.07 Å². The average Bonchev–Trinajstić information content (AvgIpc) is 2.72. The lowest BCUT2D eigenvalue weighted by Gasteiger charge is -2.35. The van der Waals surface area contributed by atoms with Crippen molar-refractivity contribution in [2.24, 2.45) is 0 Å². The molecule has 1 atom stereocenters. The lowest BCUT2D eigenvalue weighted by Crippen LogP contribution is -2.40. The molecule has 0 unspecified atom stereocenters. The molecule has 3 heterocycles. The molecule has 2 aromatic rings. The fraction of sp³-hybridized carbons (Fsp3) is 0.429. The van der Waals surface area contributed by atoms with Gasteiger partial charge in [-0.05, 0) is 37.5 Å². The van der Waals surface area contributed by atoms with Crippen LogP contribution in [0.15, 0.2) is 30.5 Å². The highest BCUT2D eigenvalue weighted by Crippen LogP contribution is 2.31. The smallest absolute Gasteiger partial charge is 0.254 e. The maximum atomic E-state index is 13.6. The largest absolute Gasteiger partial charge is 0.338 e. The molecule has 0 N–H and O–H groups in total. The van der Waals surface area contributed by atoms with Crippen LogP contribution >= 0.6 is 0 Å². The molecule has 2 aliphatic rings. The Kier molecular flexibility index (Phi) is 5.07. The second-order valence-corrected chi connectivity index (χ2v) is 7.41. The van der Waals surface area contributed by atoms with Crippen molar-refractivity contribution in [3.05, 3.63) is 58.9 Å². The number of halogens is 1. The van der Waals surface area contributed by atoms with Gasteiger partial charge in [-0.2, -0.15) is 0 Å². The van der Waals surface area contributed by atoms with E-state index in [0.29, 0.717) is 37.4 Å². The van der Waals surface area contributed by atoms with Crippen molar-refractivity contribution < 1.29 is 14.0 Å². The maximum absolute atomic E-state index is 13.6. The molecule has 1 aromatic heterocycles. The summed E-state index contributed by atoms with van der Waals surface area (Å²) in [6.45, 7) is 3.35. The van der Waals surface area contributed by atoms with Gasteiger partial charge in [-0.15, -0.1) is 0 Å². The summed E-state index contributed by atoms with van der Waals surface area (Å²) in [5.74, 6) is 0.0843. The van der Waals surface area contributed by atoms with Crippen LogP contribution in [0.4, 0.5) is 4.39 Å². The van der Waals surface area contributed by atoms with E-state index >= 15 is 0 Å². The van der Waals surface area contributed by atoms with E-state index in [1.165, 1.54) is 12.1 Å². The van der Waals surface area contributed by atoms with Crippen LogP contribution in [0.25, 0.3) is 0 Å². The zero-order chi connectivity index (χ0) is 19.7. The molecular formula is C21H23FN4O2. The first kappa shape index (κ1) is 18.5. The number of fused-ring (bicyclic) bond motifs is 1. The zero-order valence-electron chi connectivity index (χ0n) is 15.9. The molecule has 7 heteroatoms. The van der Waals surface area contributed by atoms with E-state index in [2.05, 4.69) is 4.98 Å². The summed E-state index contributed by atoms with van der Waals surface area (Å²) >= 11 is 0. The van der Waals surface area contributed by atoms with E-state index in [1.54, 1.807) is 35.1 Å². The lowest BCUT2D eigenvalue weighted by atomic mass is 9.99. The molecule has 1 fully saturated rings. The summed E-state index contributed by atoms with van der Waals surface area (Å²) in [6, 6.07) is 5.60. The number of nitrogens with zero attached hydrogens (tertiary/aromatic N) is 4. The molecule has 0 saturated carbocycles. The van der Waals surface area contributed by atoms with Gasteiger partial charge in [-0.25, -0.2) is 14.4 Å². The molecule has 28 heavy (non-hydrogen) atoms. The Morgan fingerprint density at radius 3 is 2.86 bits per heavy atom. The Morgan fingerprint density at radius 1 is 1.21 bits per heavy atom. The number of piperidine rings is 1. The molecule has 0 radical (unpaired) electrons. The number of hydrogen-bond donors (Lipinski definition) is 0. The first-order valence-corrected chi connectivity index (χ1v) is 9.69. The highest BCUT2D eigenvalue weighted by molar-refractivity contribution is 5.94. The van der Waals surface area contributed by atoms with E-state index in [9.17, 15) is 14.0 Å². The van der Waals surface area contributed by atoms with Crippen molar-refractivity contribution in [2.75, 3.05) is 13.1 Å². The number of rotatable bonds is 2. The molecular weight excluding hydrogens is 359 g/mol. The number of aromatic nitrogens is 2. The van der Waals surface area contributed by atoms with Crippen LogP contribution in [-0.4, -0.2) is 44.7 Å². The number of likely N-dealkylation sites (tertiary alicyclic amines) is 1. The van der Waals surface area contributed by atoms with Crippen molar-refractivity contribution in [3.8, 4) is 0 Å². The molecule has 2 amide bonds. The monoisotopic (exact) mass is 382 g/mol. The van der Waals surface area contributed by atoms with Crippen LogP contribution in [0.2, 0.25) is 0 Å². The minimum Gasteiger partial charge on any atom is -0.338 e. The van der Waals surface area contributed by atoms with Crippen LogP contribution in [-0.2, 0) is 17.8 Å². The SMILES string of the molecule is CC(=O)N1CCc2nc([C@H]3CCCCN3C(=O)c3cccc(F)c3)ncc2C1. The third kappa shape index (κ3) is 3.61. The number of carbonyl (C=O) groups excluding carboxylic acids is 2. The number of amides is 2. The van der Waals surface area contributed by atoms with Crippen molar-refractivity contribution >= 4 is 11.8 Å². The molecule has 1 saturated heterocycles. The summed E-state index contributed by atoms with van der Waals surface area (Å²) in [4.78, 5) is 37.5. The number of hydrogen-bond acceptors (Lipinski definition) is 4. The molecule has 146 valence electrons. The normalized spacial score (nSPS) is 19.3. The minimum atomic E-state index is -0.417. The van der Waals surface area contributed by atoms with Gasteiger partial charge >= 0.3 is 0 Å². The fourth-order valence-electron chi connectivity index (χ4n) is 3.99. The Balaban J connectivity index is 1.60. The first-order chi connectivity index (χ1) is 13.5. The molecule has 6 nitrogen and oxygen atoms in total. The Bertz CT molecular complexity index is 917. The third-order valence-electron chi connectivity index (χ3n) is 5.53. The van der Waals surface area contributed by atoms with Crippen molar-refractivity contribution in [3.63, 3.8) is 0 Å². The van der Waals surface area contributed by atoms with Crippen LogP contribution in [0, 0.1) is 5.82 Å². The van der Waals surface area contributed by atoms with Gasteiger partial charge in [0.15, 0.2) is 5.82 Å². The second kappa shape index (κ2) is 7.66. The van der Waals surface area contributed by atoms with Gasteiger partial charge in [0.05, 0.1) is 11.7 Å². The van der Waals surface area contributed by atoms with E-state index in [1.807, 2.05) is 0 Å². The number of carbonyl (C=O) groups is 2. The van der Waals surface area contributed by atoms with Gasteiger partial charge in [0.1, 0.15) is 5.82 Å². The van der Waals surface area contributed by atoms with E-state index in [0.717, 1.165) is 30.5 Å². The van der Waals surface area contributed by atoms with Crippen LogP contribution in [0.5, 0.6) is 0 Å². The van der Waals surface area contributed by atoms with E-state index < -0.39 is 5.82 Å². The third-order valence-corrected chi connectivity index (χ3v) is 5.53. The van der Waals surface area contributed by atoms with Crippen molar-refractivity contribution in [1.82, 2.24) is 19.8 Å². The van der Waals surface area contributed by atoms with Crippen LogP contribution < -0.4 is 0 Å². The van der Waals surface area contributed by atoms with Gasteiger partial charge in [0, 0.05) is 50.3 Å². The lowest BCUT2D eigenvalue weighted by molar-refractivity contribution is -0.129. The second-order valence-electron chi connectivity index (χ2n) is 7.41. The summed E-state index contributed by atoms with van der Waals surface area (Å²) in [5, 5.41) is 0. The molecule has 4 rings (SSSR count).